The van der Waals surface area contributed by atoms with Gasteiger partial charge in [0, 0.05) is 10.6 Å². The number of hydrogen-bond acceptors (Lipinski definition) is 3. The first-order valence-corrected chi connectivity index (χ1v) is 7.94. The fourth-order valence-electron chi connectivity index (χ4n) is 2.57. The Morgan fingerprint density at radius 1 is 1.04 bits per heavy atom. The number of carbonyl (C=O) groups is 2. The van der Waals surface area contributed by atoms with Crippen LogP contribution in [0.15, 0.2) is 48.5 Å². The molecule has 3 aromatic carbocycles. The second-order valence-electron chi connectivity index (χ2n) is 5.61. The number of carboxylic acid groups (broad SMARTS) is 1. The lowest BCUT2D eigenvalue weighted by atomic mass is 10.1. The lowest BCUT2D eigenvalue weighted by Gasteiger charge is -2.12. The van der Waals surface area contributed by atoms with Crippen molar-refractivity contribution in [2.45, 2.75) is 6.61 Å². The third kappa shape index (κ3) is 3.51. The molecule has 7 heteroatoms. The van der Waals surface area contributed by atoms with Crippen molar-refractivity contribution in [3.05, 3.63) is 76.1 Å². The predicted molar refractivity (Wildman–Crippen MR) is 96.2 cm³/mol. The highest BCUT2D eigenvalue weighted by Crippen LogP contribution is 2.26. The Bertz CT molecular complexity index is 1040. The third-order valence-corrected chi connectivity index (χ3v) is 4.25. The molecule has 0 heterocycles. The Labute approximate surface area is 152 Å². The number of amides is 1. The highest BCUT2D eigenvalue weighted by molar-refractivity contribution is 6.32. The van der Waals surface area contributed by atoms with Crippen LogP contribution >= 0.6 is 11.6 Å². The molecule has 3 rings (SSSR count). The average Bonchev–Trinajstić information content (AvgIpc) is 2.62. The molecule has 26 heavy (non-hydrogen) atoms. The predicted octanol–water partition coefficient (Wildman–Crippen LogP) is 4.08. The van der Waals surface area contributed by atoms with Gasteiger partial charge < -0.3 is 15.5 Å². The smallest absolute Gasteiger partial charge is 0.337 e. The first kappa shape index (κ1) is 17.8. The molecule has 0 bridgehead atoms. The summed E-state index contributed by atoms with van der Waals surface area (Å²) in [5.41, 5.74) is 0.403. The van der Waals surface area contributed by atoms with Gasteiger partial charge in [0.15, 0.2) is 0 Å². The molecule has 0 aliphatic rings. The summed E-state index contributed by atoms with van der Waals surface area (Å²) in [6, 6.07) is 11.4. The maximum atomic E-state index is 13.2. The zero-order chi connectivity index (χ0) is 18.8. The molecule has 1 amide bonds. The normalized spacial score (nSPS) is 10.7. The van der Waals surface area contributed by atoms with Crippen molar-refractivity contribution in [2.24, 2.45) is 0 Å². The number of carboxylic acids is 1. The number of fused-ring (bicyclic) bond motifs is 1. The molecule has 0 saturated heterocycles. The van der Waals surface area contributed by atoms with Crippen LogP contribution in [0.25, 0.3) is 10.8 Å². The third-order valence-electron chi connectivity index (χ3n) is 3.90. The lowest BCUT2D eigenvalue weighted by molar-refractivity contribution is 0.0698. The molecule has 3 aromatic rings. The summed E-state index contributed by atoms with van der Waals surface area (Å²) in [5, 5.41) is 22.5. The molecule has 0 saturated carbocycles. The van der Waals surface area contributed by atoms with E-state index >= 15 is 0 Å². The van der Waals surface area contributed by atoms with Gasteiger partial charge >= 0.3 is 5.97 Å². The second-order valence-corrected chi connectivity index (χ2v) is 6.02. The van der Waals surface area contributed by atoms with Crippen LogP contribution in [0.5, 0.6) is 0 Å². The summed E-state index contributed by atoms with van der Waals surface area (Å²) in [7, 11) is 0. The van der Waals surface area contributed by atoms with Crippen molar-refractivity contribution in [2.75, 3.05) is 5.32 Å². The standard InChI is InChI=1S/C19H13ClFNO4/c20-16-8-15(19(25)26)17(7-13(16)9-23)22-18(24)12-2-1-11-6-14(21)4-3-10(11)5-12/h1-8,23H,9H2,(H,22,24)(H,25,26). The SMILES string of the molecule is O=C(Nc1cc(CO)c(Cl)cc1C(=O)O)c1ccc2cc(F)ccc2c1. The lowest BCUT2D eigenvalue weighted by Crippen LogP contribution is -2.15. The van der Waals surface area contributed by atoms with Gasteiger partial charge in [-0.25, -0.2) is 9.18 Å². The van der Waals surface area contributed by atoms with Gasteiger partial charge in [0.1, 0.15) is 5.82 Å². The number of benzene rings is 3. The van der Waals surface area contributed by atoms with E-state index in [0.717, 1.165) is 0 Å². The van der Waals surface area contributed by atoms with E-state index in [-0.39, 0.29) is 27.7 Å². The van der Waals surface area contributed by atoms with E-state index in [2.05, 4.69) is 5.32 Å². The maximum Gasteiger partial charge on any atom is 0.337 e. The zero-order valence-electron chi connectivity index (χ0n) is 13.3. The molecule has 5 nitrogen and oxygen atoms in total. The summed E-state index contributed by atoms with van der Waals surface area (Å²) in [6.45, 7) is -0.400. The molecular weight excluding hydrogens is 361 g/mol. The average molecular weight is 374 g/mol. The number of nitrogens with one attached hydrogen (secondary N) is 1. The van der Waals surface area contributed by atoms with Crippen LogP contribution in [-0.2, 0) is 6.61 Å². The Balaban J connectivity index is 1.97. The Morgan fingerprint density at radius 2 is 1.73 bits per heavy atom. The number of aromatic carboxylic acids is 1. The van der Waals surface area contributed by atoms with Crippen molar-refractivity contribution < 1.29 is 24.2 Å². The van der Waals surface area contributed by atoms with Gasteiger partial charge in [-0.05, 0) is 52.7 Å². The molecule has 0 aromatic heterocycles. The van der Waals surface area contributed by atoms with Gasteiger partial charge in [-0.1, -0.05) is 23.7 Å². The Morgan fingerprint density at radius 3 is 2.42 bits per heavy atom. The van der Waals surface area contributed by atoms with E-state index in [1.54, 1.807) is 18.2 Å². The minimum atomic E-state index is -1.26. The fourth-order valence-corrected chi connectivity index (χ4v) is 2.80. The minimum absolute atomic E-state index is 0.0233. The first-order valence-electron chi connectivity index (χ1n) is 7.56. The number of aliphatic hydroxyl groups is 1. The fraction of sp³-hybridized carbons (Fsp3) is 0.0526. The molecule has 0 fully saturated rings. The molecule has 132 valence electrons. The number of aliphatic hydroxyl groups excluding tert-OH is 1. The van der Waals surface area contributed by atoms with Crippen LogP contribution in [0, 0.1) is 5.82 Å². The van der Waals surface area contributed by atoms with E-state index in [4.69, 9.17) is 11.6 Å². The summed E-state index contributed by atoms with van der Waals surface area (Å²) < 4.78 is 13.2. The van der Waals surface area contributed by atoms with Crippen LogP contribution in [0.1, 0.15) is 26.3 Å². The summed E-state index contributed by atoms with van der Waals surface area (Å²) in [4.78, 5) is 23.9. The van der Waals surface area contributed by atoms with Crippen molar-refractivity contribution in [1.29, 1.82) is 0 Å². The van der Waals surface area contributed by atoms with Gasteiger partial charge in [-0.15, -0.1) is 0 Å². The quantitative estimate of drug-likeness (QED) is 0.643. The maximum absolute atomic E-state index is 13.2. The van der Waals surface area contributed by atoms with Gasteiger partial charge in [-0.3, -0.25) is 4.79 Å². The Hall–Kier alpha value is -2.96. The van der Waals surface area contributed by atoms with Crippen LogP contribution in [0.2, 0.25) is 5.02 Å². The highest BCUT2D eigenvalue weighted by Gasteiger charge is 2.17. The number of anilines is 1. The molecule has 0 unspecified atom stereocenters. The molecule has 0 atom stereocenters. The van der Waals surface area contributed by atoms with Crippen LogP contribution in [0.4, 0.5) is 10.1 Å². The number of rotatable bonds is 4. The minimum Gasteiger partial charge on any atom is -0.478 e. The van der Waals surface area contributed by atoms with Crippen LogP contribution < -0.4 is 5.32 Å². The highest BCUT2D eigenvalue weighted by atomic mass is 35.5. The van der Waals surface area contributed by atoms with Crippen molar-refractivity contribution in [3.8, 4) is 0 Å². The van der Waals surface area contributed by atoms with Crippen LogP contribution in [0.3, 0.4) is 0 Å². The van der Waals surface area contributed by atoms with Gasteiger partial charge in [0.05, 0.1) is 17.9 Å². The van der Waals surface area contributed by atoms with E-state index < -0.39 is 18.5 Å². The van der Waals surface area contributed by atoms with Crippen LogP contribution in [-0.4, -0.2) is 22.1 Å². The summed E-state index contributed by atoms with van der Waals surface area (Å²) >= 11 is 5.91. The van der Waals surface area contributed by atoms with Gasteiger partial charge in [-0.2, -0.15) is 0 Å². The number of carbonyl (C=O) groups excluding carboxylic acids is 1. The first-order chi connectivity index (χ1) is 12.4. The summed E-state index contributed by atoms with van der Waals surface area (Å²) in [5.74, 6) is -2.18. The molecule has 0 radical (unpaired) electrons. The van der Waals surface area contributed by atoms with E-state index in [0.29, 0.717) is 16.3 Å². The molecule has 3 N–H and O–H groups in total. The zero-order valence-corrected chi connectivity index (χ0v) is 14.0. The largest absolute Gasteiger partial charge is 0.478 e. The van der Waals surface area contributed by atoms with E-state index in [1.807, 2.05) is 0 Å². The number of hydrogen-bond donors (Lipinski definition) is 3. The summed E-state index contributed by atoms with van der Waals surface area (Å²) in [6.07, 6.45) is 0. The molecular formula is C19H13ClFNO4. The van der Waals surface area contributed by atoms with Crippen molar-refractivity contribution >= 4 is 39.9 Å². The van der Waals surface area contributed by atoms with Gasteiger partial charge in [0.2, 0.25) is 0 Å². The molecule has 0 spiro atoms. The molecule has 0 aliphatic carbocycles. The molecule has 0 aliphatic heterocycles. The second kappa shape index (κ2) is 7.11. The van der Waals surface area contributed by atoms with E-state index in [1.165, 1.54) is 30.3 Å². The number of halogens is 2. The van der Waals surface area contributed by atoms with Crippen molar-refractivity contribution in [3.63, 3.8) is 0 Å². The monoisotopic (exact) mass is 373 g/mol. The van der Waals surface area contributed by atoms with E-state index in [9.17, 15) is 24.2 Å². The topological polar surface area (TPSA) is 86.6 Å². The Kier molecular flexibility index (Phi) is 4.88. The van der Waals surface area contributed by atoms with Crippen molar-refractivity contribution in [1.82, 2.24) is 0 Å². The van der Waals surface area contributed by atoms with Gasteiger partial charge in [0.25, 0.3) is 5.91 Å².